The van der Waals surface area contributed by atoms with Crippen LogP contribution in [0.5, 0.6) is 5.75 Å². The molecule has 2 aromatic rings. The molecule has 16 heavy (non-hydrogen) atoms. The zero-order valence-electron chi connectivity index (χ0n) is 8.92. The van der Waals surface area contributed by atoms with Gasteiger partial charge in [-0.1, -0.05) is 30.3 Å². The summed E-state index contributed by atoms with van der Waals surface area (Å²) >= 11 is 0. The van der Waals surface area contributed by atoms with Crippen LogP contribution < -0.4 is 0 Å². The zero-order valence-corrected chi connectivity index (χ0v) is 8.92. The van der Waals surface area contributed by atoms with Crippen molar-refractivity contribution in [1.82, 2.24) is 0 Å². The smallest absolute Gasteiger partial charge is 0.152 e. The second-order valence-corrected chi connectivity index (χ2v) is 3.06. The van der Waals surface area contributed by atoms with Gasteiger partial charge in [0, 0.05) is 12.0 Å². The van der Waals surface area contributed by atoms with Gasteiger partial charge < -0.3 is 10.2 Å². The van der Waals surface area contributed by atoms with Gasteiger partial charge in [0.25, 0.3) is 0 Å². The second-order valence-electron chi connectivity index (χ2n) is 3.06. The van der Waals surface area contributed by atoms with Gasteiger partial charge in [-0.15, -0.1) is 4.91 Å². The van der Waals surface area contributed by atoms with E-state index in [0.29, 0.717) is 5.39 Å². The lowest BCUT2D eigenvalue weighted by Crippen LogP contribution is -1.73. The highest BCUT2D eigenvalue weighted by Gasteiger charge is 2.04. The lowest BCUT2D eigenvalue weighted by molar-refractivity contribution is 0.318. The fourth-order valence-corrected chi connectivity index (χ4v) is 1.32. The van der Waals surface area contributed by atoms with Gasteiger partial charge in [-0.3, -0.25) is 0 Å². The zero-order chi connectivity index (χ0) is 12.0. The molecule has 0 bridgehead atoms. The molecule has 0 fully saturated rings. The first-order chi connectivity index (χ1) is 7.74. The molecule has 0 spiro atoms. The molecular weight excluding hydrogens is 206 g/mol. The average molecular weight is 219 g/mol. The third-order valence-corrected chi connectivity index (χ3v) is 1.98. The van der Waals surface area contributed by atoms with E-state index in [4.69, 9.17) is 5.11 Å². The maximum absolute atomic E-state index is 10.3. The molecule has 0 heterocycles. The first-order valence-corrected chi connectivity index (χ1v) is 4.89. The number of hydrogen-bond acceptors (Lipinski definition) is 4. The van der Waals surface area contributed by atoms with Crippen LogP contribution >= 0.6 is 0 Å². The highest BCUT2D eigenvalue weighted by atomic mass is 16.3. The molecule has 0 radical (unpaired) electrons. The van der Waals surface area contributed by atoms with Crippen LogP contribution in [-0.4, -0.2) is 16.8 Å². The first-order valence-electron chi connectivity index (χ1n) is 4.89. The Morgan fingerprint density at radius 1 is 1.19 bits per heavy atom. The molecule has 84 valence electrons. The van der Waals surface area contributed by atoms with Gasteiger partial charge in [0.2, 0.25) is 0 Å². The second kappa shape index (κ2) is 5.82. The maximum Gasteiger partial charge on any atom is 0.152 e. The Bertz CT molecular complexity index is 483. The number of phenolic OH excluding ortho intramolecular Hbond substituents is 1. The molecule has 4 nitrogen and oxygen atoms in total. The van der Waals surface area contributed by atoms with Crippen molar-refractivity contribution in [3.8, 4) is 5.75 Å². The third kappa shape index (κ3) is 2.55. The highest BCUT2D eigenvalue weighted by Crippen LogP contribution is 2.33. The number of hydrogen-bond donors (Lipinski definition) is 2. The molecule has 0 saturated carbocycles. The van der Waals surface area contributed by atoms with E-state index in [1.54, 1.807) is 25.1 Å². The van der Waals surface area contributed by atoms with Crippen molar-refractivity contribution in [3.63, 3.8) is 0 Å². The van der Waals surface area contributed by atoms with Gasteiger partial charge in [-0.05, 0) is 23.6 Å². The summed E-state index contributed by atoms with van der Waals surface area (Å²) in [5.41, 5.74) is 0.0821. The number of nitroso groups, excluding NO2 is 1. The minimum Gasteiger partial charge on any atom is -0.505 e. The van der Waals surface area contributed by atoms with Crippen LogP contribution in [0.25, 0.3) is 10.8 Å². The molecule has 0 aliphatic rings. The number of aromatic hydroxyl groups is 1. The fourth-order valence-electron chi connectivity index (χ4n) is 1.32. The SMILES string of the molecule is CCO.O=Nc1ccc2ccccc2c1O. The van der Waals surface area contributed by atoms with E-state index in [2.05, 4.69) is 5.18 Å². The van der Waals surface area contributed by atoms with E-state index < -0.39 is 0 Å². The van der Waals surface area contributed by atoms with Crippen molar-refractivity contribution in [1.29, 1.82) is 0 Å². The summed E-state index contributed by atoms with van der Waals surface area (Å²) in [7, 11) is 0. The van der Waals surface area contributed by atoms with Gasteiger partial charge in [-0.2, -0.15) is 0 Å². The summed E-state index contributed by atoms with van der Waals surface area (Å²) in [6.07, 6.45) is 0. The Balaban J connectivity index is 0.000000386. The largest absolute Gasteiger partial charge is 0.505 e. The first kappa shape index (κ1) is 12.1. The van der Waals surface area contributed by atoms with E-state index in [1.807, 2.05) is 12.1 Å². The number of rotatable bonds is 1. The van der Waals surface area contributed by atoms with Crippen molar-refractivity contribution in [2.45, 2.75) is 6.92 Å². The average Bonchev–Trinajstić information content (AvgIpc) is 2.31. The topological polar surface area (TPSA) is 69.9 Å². The molecule has 0 atom stereocenters. The van der Waals surface area contributed by atoms with Crippen LogP contribution in [0.2, 0.25) is 0 Å². The van der Waals surface area contributed by atoms with E-state index in [-0.39, 0.29) is 18.0 Å². The Labute approximate surface area is 93.1 Å². The molecule has 4 heteroatoms. The molecule has 0 aliphatic heterocycles. The summed E-state index contributed by atoms with van der Waals surface area (Å²) in [5.74, 6) is -0.0481. The van der Waals surface area contributed by atoms with Crippen LogP contribution in [0.15, 0.2) is 41.6 Å². The number of fused-ring (bicyclic) bond motifs is 1. The van der Waals surface area contributed by atoms with Gasteiger partial charge in [0.05, 0.1) is 0 Å². The van der Waals surface area contributed by atoms with Gasteiger partial charge >= 0.3 is 0 Å². The van der Waals surface area contributed by atoms with E-state index in [0.717, 1.165) is 5.39 Å². The quantitative estimate of drug-likeness (QED) is 0.724. The molecule has 2 rings (SSSR count). The predicted octanol–water partition coefficient (Wildman–Crippen LogP) is 2.94. The number of aliphatic hydroxyl groups is 1. The minimum absolute atomic E-state index is 0.0481. The molecule has 2 aromatic carbocycles. The predicted molar refractivity (Wildman–Crippen MR) is 63.8 cm³/mol. The standard InChI is InChI=1S/C10H7NO2.C2H6O/c12-10-8-4-2-1-3-7(8)5-6-9(10)11-13;1-2-3/h1-6,12H;3H,2H2,1H3. The molecule has 0 amide bonds. The summed E-state index contributed by atoms with van der Waals surface area (Å²) in [6, 6.07) is 10.5. The molecule has 0 aromatic heterocycles. The van der Waals surface area contributed by atoms with Crippen molar-refractivity contribution in [3.05, 3.63) is 41.3 Å². The fraction of sp³-hybridized carbons (Fsp3) is 0.167. The summed E-state index contributed by atoms with van der Waals surface area (Å²) in [6.45, 7) is 1.93. The van der Waals surface area contributed by atoms with Crippen LogP contribution in [-0.2, 0) is 0 Å². The lowest BCUT2D eigenvalue weighted by atomic mass is 10.1. The lowest BCUT2D eigenvalue weighted by Gasteiger charge is -2.00. The highest BCUT2D eigenvalue weighted by molar-refractivity contribution is 5.92. The summed E-state index contributed by atoms with van der Waals surface area (Å²) in [4.78, 5) is 10.3. The number of benzene rings is 2. The molecule has 0 aliphatic carbocycles. The van der Waals surface area contributed by atoms with Crippen LogP contribution in [0.4, 0.5) is 5.69 Å². The summed E-state index contributed by atoms with van der Waals surface area (Å²) < 4.78 is 0. The molecule has 2 N–H and O–H groups in total. The van der Waals surface area contributed by atoms with E-state index in [1.165, 1.54) is 6.07 Å². The van der Waals surface area contributed by atoms with E-state index in [9.17, 15) is 10.0 Å². The van der Waals surface area contributed by atoms with E-state index >= 15 is 0 Å². The van der Waals surface area contributed by atoms with Gasteiger partial charge in [-0.25, -0.2) is 0 Å². The van der Waals surface area contributed by atoms with Crippen molar-refractivity contribution in [2.75, 3.05) is 6.61 Å². The Morgan fingerprint density at radius 3 is 2.44 bits per heavy atom. The van der Waals surface area contributed by atoms with Gasteiger partial charge in [0.1, 0.15) is 5.69 Å². The number of nitrogens with zero attached hydrogens (tertiary/aromatic N) is 1. The Hall–Kier alpha value is -1.94. The normalized spacial score (nSPS) is 9.38. The third-order valence-electron chi connectivity index (χ3n) is 1.98. The number of phenols is 1. The van der Waals surface area contributed by atoms with Crippen LogP contribution in [0.1, 0.15) is 6.92 Å². The monoisotopic (exact) mass is 219 g/mol. The Kier molecular flexibility index (Phi) is 4.42. The van der Waals surface area contributed by atoms with Crippen molar-refractivity contribution < 1.29 is 10.2 Å². The number of aliphatic hydroxyl groups excluding tert-OH is 1. The molecule has 0 unspecified atom stereocenters. The maximum atomic E-state index is 10.3. The van der Waals surface area contributed by atoms with Crippen LogP contribution in [0.3, 0.4) is 0 Å². The summed E-state index contributed by atoms with van der Waals surface area (Å²) in [5, 5.41) is 21.4. The molecule has 0 saturated heterocycles. The molecular formula is C12H13NO3. The minimum atomic E-state index is -0.0481. The van der Waals surface area contributed by atoms with Crippen molar-refractivity contribution >= 4 is 16.5 Å². The Morgan fingerprint density at radius 2 is 1.81 bits per heavy atom. The van der Waals surface area contributed by atoms with Crippen LogP contribution in [0, 0.1) is 4.91 Å². The van der Waals surface area contributed by atoms with Crippen molar-refractivity contribution in [2.24, 2.45) is 5.18 Å². The van der Waals surface area contributed by atoms with Gasteiger partial charge in [0.15, 0.2) is 5.75 Å².